The van der Waals surface area contributed by atoms with Crippen molar-refractivity contribution in [2.24, 2.45) is 0 Å². The number of hydrogen-bond donors (Lipinski definition) is 1. The van der Waals surface area contributed by atoms with Crippen LogP contribution in [-0.2, 0) is 11.2 Å². The molecule has 0 saturated heterocycles. The van der Waals surface area contributed by atoms with E-state index in [-0.39, 0.29) is 5.91 Å². The second-order valence-corrected chi connectivity index (χ2v) is 6.65. The highest BCUT2D eigenvalue weighted by atomic mass is 79.9. The first-order chi connectivity index (χ1) is 11.0. The molecule has 1 amide bonds. The second kappa shape index (κ2) is 8.73. The average molecular weight is 376 g/mol. The Kier molecular flexibility index (Phi) is 6.66. The van der Waals surface area contributed by atoms with Crippen LogP contribution in [0.4, 0.5) is 0 Å². The number of hydrogen-bond acceptors (Lipinski definition) is 2. The lowest BCUT2D eigenvalue weighted by atomic mass is 10.0. The fourth-order valence-electron chi connectivity index (χ4n) is 2.22. The number of halogens is 1. The van der Waals surface area contributed by atoms with Gasteiger partial charge in [0.2, 0.25) is 5.91 Å². The zero-order valence-corrected chi connectivity index (χ0v) is 15.1. The molecule has 0 aromatic heterocycles. The van der Waals surface area contributed by atoms with Crippen LogP contribution in [0, 0.1) is 0 Å². The van der Waals surface area contributed by atoms with Gasteiger partial charge in [0.15, 0.2) is 0 Å². The number of carbonyl (C=O) groups is 1. The minimum Gasteiger partial charge on any atom is -0.492 e. The highest BCUT2D eigenvalue weighted by molar-refractivity contribution is 9.10. The zero-order valence-electron chi connectivity index (χ0n) is 13.5. The van der Waals surface area contributed by atoms with Crippen LogP contribution in [0.5, 0.6) is 5.75 Å². The van der Waals surface area contributed by atoms with E-state index in [1.54, 1.807) is 0 Å². The Labute approximate surface area is 146 Å². The molecule has 0 aliphatic heterocycles. The summed E-state index contributed by atoms with van der Waals surface area (Å²) in [6.07, 6.45) is 0.377. The molecule has 2 aromatic rings. The number of benzene rings is 2. The Morgan fingerprint density at radius 3 is 2.70 bits per heavy atom. The SMILES string of the molecule is CC(C)c1cccc(OCCNC(=O)Cc2cccc(Br)c2)c1. The first-order valence-electron chi connectivity index (χ1n) is 7.78. The zero-order chi connectivity index (χ0) is 16.7. The number of carbonyl (C=O) groups excluding carboxylic acids is 1. The van der Waals surface area contributed by atoms with Crippen LogP contribution in [0.2, 0.25) is 0 Å². The maximum Gasteiger partial charge on any atom is 0.224 e. The van der Waals surface area contributed by atoms with E-state index in [1.165, 1.54) is 5.56 Å². The Morgan fingerprint density at radius 2 is 1.96 bits per heavy atom. The largest absolute Gasteiger partial charge is 0.492 e. The molecular weight excluding hydrogens is 354 g/mol. The van der Waals surface area contributed by atoms with E-state index < -0.39 is 0 Å². The predicted octanol–water partition coefficient (Wildman–Crippen LogP) is 4.31. The molecule has 2 rings (SSSR count). The fourth-order valence-corrected chi connectivity index (χ4v) is 2.66. The second-order valence-electron chi connectivity index (χ2n) is 5.73. The van der Waals surface area contributed by atoms with Gasteiger partial charge in [0, 0.05) is 4.47 Å². The van der Waals surface area contributed by atoms with Crippen molar-refractivity contribution in [3.63, 3.8) is 0 Å². The van der Waals surface area contributed by atoms with Crippen LogP contribution in [0.1, 0.15) is 30.9 Å². The van der Waals surface area contributed by atoms with Crippen molar-refractivity contribution in [1.29, 1.82) is 0 Å². The molecule has 2 aromatic carbocycles. The smallest absolute Gasteiger partial charge is 0.224 e. The van der Waals surface area contributed by atoms with Gasteiger partial charge in [-0.05, 0) is 41.3 Å². The van der Waals surface area contributed by atoms with E-state index in [0.29, 0.717) is 25.5 Å². The lowest BCUT2D eigenvalue weighted by Crippen LogP contribution is -2.29. The molecule has 0 unspecified atom stereocenters. The Morgan fingerprint density at radius 1 is 1.17 bits per heavy atom. The maximum atomic E-state index is 11.9. The van der Waals surface area contributed by atoms with Crippen LogP contribution in [0.25, 0.3) is 0 Å². The number of rotatable bonds is 7. The van der Waals surface area contributed by atoms with Crippen molar-refractivity contribution in [3.05, 3.63) is 64.1 Å². The third-order valence-electron chi connectivity index (χ3n) is 3.47. The molecule has 3 nitrogen and oxygen atoms in total. The highest BCUT2D eigenvalue weighted by Crippen LogP contribution is 2.19. The molecule has 1 N–H and O–H groups in total. The van der Waals surface area contributed by atoms with Gasteiger partial charge in [-0.3, -0.25) is 4.79 Å². The summed E-state index contributed by atoms with van der Waals surface area (Å²) in [6, 6.07) is 15.8. The summed E-state index contributed by atoms with van der Waals surface area (Å²) in [4.78, 5) is 11.9. The van der Waals surface area contributed by atoms with Gasteiger partial charge in [-0.25, -0.2) is 0 Å². The molecule has 0 bridgehead atoms. The number of nitrogens with one attached hydrogen (secondary N) is 1. The first kappa shape index (κ1) is 17.5. The van der Waals surface area contributed by atoms with E-state index in [1.807, 2.05) is 42.5 Å². The van der Waals surface area contributed by atoms with Crippen LogP contribution in [0.3, 0.4) is 0 Å². The average Bonchev–Trinajstić information content (AvgIpc) is 2.52. The number of amides is 1. The van der Waals surface area contributed by atoms with Gasteiger partial charge in [-0.1, -0.05) is 54.0 Å². The summed E-state index contributed by atoms with van der Waals surface area (Å²) in [5, 5.41) is 2.88. The van der Waals surface area contributed by atoms with Gasteiger partial charge in [0.1, 0.15) is 12.4 Å². The van der Waals surface area contributed by atoms with Crippen LogP contribution >= 0.6 is 15.9 Å². The van der Waals surface area contributed by atoms with E-state index in [4.69, 9.17) is 4.74 Å². The van der Waals surface area contributed by atoms with Crippen molar-refractivity contribution in [3.8, 4) is 5.75 Å². The molecule has 0 spiro atoms. The van der Waals surface area contributed by atoms with E-state index in [9.17, 15) is 4.79 Å². The van der Waals surface area contributed by atoms with Gasteiger partial charge in [0.25, 0.3) is 0 Å². The normalized spacial score (nSPS) is 10.6. The maximum absolute atomic E-state index is 11.9. The highest BCUT2D eigenvalue weighted by Gasteiger charge is 2.04. The van der Waals surface area contributed by atoms with Crippen molar-refractivity contribution >= 4 is 21.8 Å². The minimum atomic E-state index is 0.00244. The standard InChI is InChI=1S/C19H22BrNO2/c1-14(2)16-6-4-8-18(13-16)23-10-9-21-19(22)12-15-5-3-7-17(20)11-15/h3-8,11,13-14H,9-10,12H2,1-2H3,(H,21,22). The molecule has 122 valence electrons. The molecular formula is C19H22BrNO2. The predicted molar refractivity (Wildman–Crippen MR) is 96.9 cm³/mol. The summed E-state index contributed by atoms with van der Waals surface area (Å²) in [7, 11) is 0. The lowest BCUT2D eigenvalue weighted by molar-refractivity contribution is -0.120. The van der Waals surface area contributed by atoms with E-state index in [2.05, 4.69) is 41.2 Å². The van der Waals surface area contributed by atoms with Gasteiger partial charge in [0.05, 0.1) is 13.0 Å². The number of ether oxygens (including phenoxy) is 1. The molecule has 0 fully saturated rings. The van der Waals surface area contributed by atoms with Crippen molar-refractivity contribution in [2.45, 2.75) is 26.2 Å². The monoisotopic (exact) mass is 375 g/mol. The molecule has 0 aliphatic carbocycles. The quantitative estimate of drug-likeness (QED) is 0.732. The summed E-state index contributed by atoms with van der Waals surface area (Å²) < 4.78 is 6.68. The summed E-state index contributed by atoms with van der Waals surface area (Å²) >= 11 is 3.41. The third-order valence-corrected chi connectivity index (χ3v) is 3.96. The molecule has 0 heterocycles. The van der Waals surface area contributed by atoms with Crippen molar-refractivity contribution in [1.82, 2.24) is 5.32 Å². The third kappa shape index (κ3) is 6.06. The minimum absolute atomic E-state index is 0.00244. The molecule has 0 aliphatic rings. The van der Waals surface area contributed by atoms with E-state index >= 15 is 0 Å². The van der Waals surface area contributed by atoms with Crippen molar-refractivity contribution in [2.75, 3.05) is 13.2 Å². The summed E-state index contributed by atoms with van der Waals surface area (Å²) in [6.45, 7) is 5.27. The summed E-state index contributed by atoms with van der Waals surface area (Å²) in [5.41, 5.74) is 2.24. The molecule has 4 heteroatoms. The Balaban J connectivity index is 1.73. The fraction of sp³-hybridized carbons (Fsp3) is 0.316. The summed E-state index contributed by atoms with van der Waals surface area (Å²) in [5.74, 6) is 1.32. The Hall–Kier alpha value is -1.81. The van der Waals surface area contributed by atoms with Crippen LogP contribution < -0.4 is 10.1 Å². The van der Waals surface area contributed by atoms with Gasteiger partial charge in [-0.2, -0.15) is 0 Å². The van der Waals surface area contributed by atoms with Gasteiger partial charge in [-0.15, -0.1) is 0 Å². The molecule has 0 saturated carbocycles. The van der Waals surface area contributed by atoms with Gasteiger partial charge >= 0.3 is 0 Å². The molecule has 0 atom stereocenters. The first-order valence-corrected chi connectivity index (χ1v) is 8.58. The Bertz CT molecular complexity index is 655. The molecule has 0 radical (unpaired) electrons. The van der Waals surface area contributed by atoms with E-state index in [0.717, 1.165) is 15.8 Å². The topological polar surface area (TPSA) is 38.3 Å². The lowest BCUT2D eigenvalue weighted by Gasteiger charge is -2.10. The van der Waals surface area contributed by atoms with Crippen LogP contribution in [0.15, 0.2) is 53.0 Å². The van der Waals surface area contributed by atoms with Crippen LogP contribution in [-0.4, -0.2) is 19.1 Å². The van der Waals surface area contributed by atoms with Gasteiger partial charge < -0.3 is 10.1 Å². The van der Waals surface area contributed by atoms with Crippen molar-refractivity contribution < 1.29 is 9.53 Å². The molecule has 23 heavy (non-hydrogen) atoms.